The number of nitrogens with zero attached hydrogens (tertiary/aromatic N) is 1. The van der Waals surface area contributed by atoms with Crippen molar-refractivity contribution in [1.29, 1.82) is 0 Å². The van der Waals surface area contributed by atoms with E-state index in [0.717, 1.165) is 30.4 Å². The van der Waals surface area contributed by atoms with Crippen molar-refractivity contribution in [2.45, 2.75) is 52.0 Å². The number of benzene rings is 3. The Labute approximate surface area is 218 Å². The molecule has 1 aliphatic rings. The van der Waals surface area contributed by atoms with E-state index >= 15 is 0 Å². The Hall–Kier alpha value is -3.92. The van der Waals surface area contributed by atoms with Crippen LogP contribution in [0.4, 0.5) is 0 Å². The van der Waals surface area contributed by atoms with E-state index < -0.39 is 5.97 Å². The molecule has 1 fully saturated rings. The van der Waals surface area contributed by atoms with Gasteiger partial charge in [0, 0.05) is 25.2 Å². The van der Waals surface area contributed by atoms with Gasteiger partial charge in [0.05, 0.1) is 0 Å². The van der Waals surface area contributed by atoms with E-state index in [1.165, 1.54) is 33.4 Å². The first kappa shape index (κ1) is 24.8. The molecule has 0 radical (unpaired) electrons. The zero-order valence-corrected chi connectivity index (χ0v) is 21.5. The molecule has 4 nitrogen and oxygen atoms in total. The van der Waals surface area contributed by atoms with E-state index in [-0.39, 0.29) is 17.9 Å². The third-order valence-corrected chi connectivity index (χ3v) is 7.51. The Bertz CT molecular complexity index is 1500. The number of aryl methyl sites for hydroxylation is 4. The van der Waals surface area contributed by atoms with Gasteiger partial charge >= 0.3 is 5.97 Å². The fourth-order valence-electron chi connectivity index (χ4n) is 5.40. The summed E-state index contributed by atoms with van der Waals surface area (Å²) in [6.07, 6.45) is 4.93. The molecule has 188 valence electrons. The molecule has 5 rings (SSSR count). The maximum atomic E-state index is 12.7. The number of hydrogen-bond donors (Lipinski definition) is 1. The molecule has 1 aliphatic carbocycles. The number of aliphatic carboxylic acids is 1. The second-order valence-electron chi connectivity index (χ2n) is 10.4. The quantitative estimate of drug-likeness (QED) is 0.274. The Morgan fingerprint density at radius 1 is 0.919 bits per heavy atom. The minimum absolute atomic E-state index is 0.0104. The number of carbonyl (C=O) groups is 1. The van der Waals surface area contributed by atoms with Crippen LogP contribution in [-0.4, -0.2) is 15.6 Å². The molecule has 37 heavy (non-hydrogen) atoms. The zero-order chi connectivity index (χ0) is 25.9. The first-order valence-electron chi connectivity index (χ1n) is 13.1. The summed E-state index contributed by atoms with van der Waals surface area (Å²) in [5, 5.41) is 9.05. The topological polar surface area (TPSA) is 59.3 Å². The highest BCUT2D eigenvalue weighted by Gasteiger charge is 2.39. The lowest BCUT2D eigenvalue weighted by Gasteiger charge is -2.15. The molecule has 1 saturated carbocycles. The Morgan fingerprint density at radius 3 is 2.54 bits per heavy atom. The molecule has 3 aromatic carbocycles. The highest BCUT2D eigenvalue weighted by molar-refractivity contribution is 5.84. The lowest BCUT2D eigenvalue weighted by Crippen LogP contribution is -2.19. The maximum absolute atomic E-state index is 12.7. The maximum Gasteiger partial charge on any atom is 0.303 e. The summed E-state index contributed by atoms with van der Waals surface area (Å²) < 4.78 is 1.82. The van der Waals surface area contributed by atoms with E-state index in [0.29, 0.717) is 12.5 Å². The molecule has 2 atom stereocenters. The minimum Gasteiger partial charge on any atom is -0.481 e. The van der Waals surface area contributed by atoms with Gasteiger partial charge in [0.2, 0.25) is 0 Å². The molecule has 0 aliphatic heterocycles. The van der Waals surface area contributed by atoms with Gasteiger partial charge in [0.1, 0.15) is 0 Å². The Kier molecular flexibility index (Phi) is 7.09. The number of rotatable bonds is 9. The lowest BCUT2D eigenvalue weighted by atomic mass is 9.92. The van der Waals surface area contributed by atoms with Crippen molar-refractivity contribution in [3.05, 3.63) is 118 Å². The summed E-state index contributed by atoms with van der Waals surface area (Å²) in [4.78, 5) is 23.7. The van der Waals surface area contributed by atoms with Crippen molar-refractivity contribution in [3.63, 3.8) is 0 Å². The monoisotopic (exact) mass is 491 g/mol. The van der Waals surface area contributed by atoms with E-state index in [4.69, 9.17) is 5.11 Å². The average Bonchev–Trinajstić information content (AvgIpc) is 3.65. The van der Waals surface area contributed by atoms with E-state index in [1.54, 1.807) is 6.07 Å². The zero-order valence-electron chi connectivity index (χ0n) is 21.5. The van der Waals surface area contributed by atoms with Crippen LogP contribution in [0.25, 0.3) is 22.3 Å². The number of pyridine rings is 1. The highest BCUT2D eigenvalue weighted by atomic mass is 16.4. The Balaban J connectivity index is 1.31. The first-order valence-corrected chi connectivity index (χ1v) is 13.1. The van der Waals surface area contributed by atoms with Gasteiger partial charge in [-0.15, -0.1) is 0 Å². The average molecular weight is 492 g/mol. The highest BCUT2D eigenvalue weighted by Crippen LogP contribution is 2.49. The predicted molar refractivity (Wildman–Crippen MR) is 149 cm³/mol. The van der Waals surface area contributed by atoms with Crippen LogP contribution in [0.5, 0.6) is 0 Å². The molecule has 1 heterocycles. The molecule has 1 N–H and O–H groups in total. The fraction of sp³-hybridized carbons (Fsp3) is 0.273. The lowest BCUT2D eigenvalue weighted by molar-refractivity contribution is -0.137. The van der Waals surface area contributed by atoms with Gasteiger partial charge in [0.15, 0.2) is 0 Å². The van der Waals surface area contributed by atoms with Crippen molar-refractivity contribution in [1.82, 2.24) is 4.57 Å². The minimum atomic E-state index is -0.715. The number of hydrogen-bond acceptors (Lipinski definition) is 2. The largest absolute Gasteiger partial charge is 0.481 e. The molecule has 2 unspecified atom stereocenters. The van der Waals surface area contributed by atoms with Crippen LogP contribution in [0.3, 0.4) is 0 Å². The van der Waals surface area contributed by atoms with Gasteiger partial charge in [-0.1, -0.05) is 72.3 Å². The van der Waals surface area contributed by atoms with E-state index in [1.807, 2.05) is 22.9 Å². The van der Waals surface area contributed by atoms with Crippen LogP contribution >= 0.6 is 0 Å². The molecular formula is C33H33NO3. The molecule has 4 aromatic rings. The van der Waals surface area contributed by atoms with Crippen LogP contribution in [0, 0.1) is 19.8 Å². The molecule has 1 aromatic heterocycles. The number of aromatic nitrogens is 1. The number of carboxylic acids is 1. The van der Waals surface area contributed by atoms with E-state index in [2.05, 4.69) is 74.5 Å². The molecular weight excluding hydrogens is 458 g/mol. The van der Waals surface area contributed by atoms with Gasteiger partial charge in [-0.3, -0.25) is 9.59 Å². The van der Waals surface area contributed by atoms with Gasteiger partial charge in [-0.05, 0) is 90.0 Å². The second-order valence-corrected chi connectivity index (χ2v) is 10.4. The summed E-state index contributed by atoms with van der Waals surface area (Å²) >= 11 is 0. The first-order chi connectivity index (χ1) is 17.9. The normalized spacial score (nSPS) is 16.5. The molecule has 0 amide bonds. The standard InChI is InChI=1S/C33H33NO3/c1-22-12-13-23(2)30(17-22)29-11-4-3-10-28(29)26-14-15-32(35)34(21-26)16-6-8-24-7-5-9-25(18-24)31-19-27(31)20-33(36)37/h3-5,7,9-15,17-18,21,27,31H,6,8,16,19-20H2,1-2H3,(H,36,37). The van der Waals surface area contributed by atoms with Crippen LogP contribution in [0.1, 0.15) is 47.4 Å². The summed E-state index contributed by atoms with van der Waals surface area (Å²) in [5.74, 6) is -0.0824. The van der Waals surface area contributed by atoms with Crippen molar-refractivity contribution in [2.24, 2.45) is 5.92 Å². The molecule has 0 spiro atoms. The summed E-state index contributed by atoms with van der Waals surface area (Å²) in [6, 6.07) is 27.0. The third kappa shape index (κ3) is 5.75. The molecule has 0 bridgehead atoms. The van der Waals surface area contributed by atoms with Crippen LogP contribution < -0.4 is 5.56 Å². The fourth-order valence-corrected chi connectivity index (χ4v) is 5.40. The van der Waals surface area contributed by atoms with Gasteiger partial charge < -0.3 is 9.67 Å². The third-order valence-electron chi connectivity index (χ3n) is 7.51. The van der Waals surface area contributed by atoms with Crippen LogP contribution in [0.2, 0.25) is 0 Å². The molecule has 4 heteroatoms. The van der Waals surface area contributed by atoms with Crippen molar-refractivity contribution >= 4 is 5.97 Å². The number of carboxylic acid groups (broad SMARTS) is 1. The van der Waals surface area contributed by atoms with E-state index in [9.17, 15) is 9.59 Å². The van der Waals surface area contributed by atoms with Crippen LogP contribution in [-0.2, 0) is 17.8 Å². The van der Waals surface area contributed by atoms with Crippen molar-refractivity contribution in [3.8, 4) is 22.3 Å². The van der Waals surface area contributed by atoms with Gasteiger partial charge in [0.25, 0.3) is 5.56 Å². The van der Waals surface area contributed by atoms with Crippen molar-refractivity contribution in [2.75, 3.05) is 0 Å². The van der Waals surface area contributed by atoms with Gasteiger partial charge in [-0.25, -0.2) is 0 Å². The second kappa shape index (κ2) is 10.6. The van der Waals surface area contributed by atoms with Gasteiger partial charge in [-0.2, -0.15) is 0 Å². The summed E-state index contributed by atoms with van der Waals surface area (Å²) in [7, 11) is 0. The van der Waals surface area contributed by atoms with Crippen molar-refractivity contribution < 1.29 is 9.90 Å². The predicted octanol–water partition coefficient (Wildman–Crippen LogP) is 7.01. The smallest absolute Gasteiger partial charge is 0.303 e. The summed E-state index contributed by atoms with van der Waals surface area (Å²) in [6.45, 7) is 4.89. The molecule has 0 saturated heterocycles. The van der Waals surface area contributed by atoms with Crippen LogP contribution in [0.15, 0.2) is 89.9 Å². The summed E-state index contributed by atoms with van der Waals surface area (Å²) in [5.41, 5.74) is 9.50. The SMILES string of the molecule is Cc1ccc(C)c(-c2ccccc2-c2ccc(=O)n(CCCc3cccc(C4CC4CC(=O)O)c3)c2)c1. The Morgan fingerprint density at radius 2 is 1.73 bits per heavy atom.